The van der Waals surface area contributed by atoms with E-state index < -0.39 is 24.3 Å². The minimum Gasteiger partial charge on any atom is -0.477 e. The average Bonchev–Trinajstić information content (AvgIpc) is 3.49. The topological polar surface area (TPSA) is 108 Å². The molecule has 0 aliphatic carbocycles. The SMILES string of the molecule is CC/C=C\C/C=C\C/C=C\C/C=C\C/C=C\C/C=C\C/C=C\CCCCCCCCCCCCCC(=O)OC(COC(=O)CCCCCCCCCCCCCC/C=C\C/C=C\C/C=C\CCCCCCC)COC(OCC[N+](C)(C)C)C(=O)O. The van der Waals surface area contributed by atoms with Crippen LogP contribution in [0.2, 0.25) is 0 Å². The zero-order chi connectivity index (χ0) is 61.9. The van der Waals surface area contributed by atoms with Crippen LogP contribution in [0.5, 0.6) is 0 Å². The zero-order valence-corrected chi connectivity index (χ0v) is 55.5. The fraction of sp³-hybridized carbons (Fsp3) is 0.697. The maximum Gasteiger partial charge on any atom is 0.361 e. The largest absolute Gasteiger partial charge is 0.477 e. The second-order valence-corrected chi connectivity index (χ2v) is 24.1. The number of hydrogen-bond donors (Lipinski definition) is 1. The van der Waals surface area contributed by atoms with Gasteiger partial charge in [0, 0.05) is 12.8 Å². The Balaban J connectivity index is 4.17. The summed E-state index contributed by atoms with van der Waals surface area (Å²) in [7, 11) is 5.97. The highest BCUT2D eigenvalue weighted by atomic mass is 16.7. The summed E-state index contributed by atoms with van der Waals surface area (Å²) in [6.07, 6.45) is 90.1. The minimum atomic E-state index is -1.52. The molecule has 0 aromatic heterocycles. The van der Waals surface area contributed by atoms with Crippen molar-refractivity contribution in [2.45, 2.75) is 296 Å². The van der Waals surface area contributed by atoms with Gasteiger partial charge < -0.3 is 28.5 Å². The summed E-state index contributed by atoms with van der Waals surface area (Å²) in [4.78, 5) is 37.6. The molecule has 0 saturated carbocycles. The highest BCUT2D eigenvalue weighted by Gasteiger charge is 2.25. The number of quaternary nitrogens is 1. The first-order valence-electron chi connectivity index (χ1n) is 34.7. The summed E-state index contributed by atoms with van der Waals surface area (Å²) in [6.45, 7) is 4.76. The quantitative estimate of drug-likeness (QED) is 0.0211. The molecule has 2 atom stereocenters. The number of carbonyl (C=O) groups excluding carboxylic acids is 2. The number of esters is 2. The van der Waals surface area contributed by atoms with Crippen LogP contribution in [0.1, 0.15) is 284 Å². The van der Waals surface area contributed by atoms with E-state index in [1.54, 1.807) is 0 Å². The molecule has 2 unspecified atom stereocenters. The molecular formula is C76H130NO8+. The zero-order valence-electron chi connectivity index (χ0n) is 55.5. The van der Waals surface area contributed by atoms with Gasteiger partial charge in [-0.1, -0.05) is 283 Å². The highest BCUT2D eigenvalue weighted by molar-refractivity contribution is 5.71. The molecular weight excluding hydrogens is 1050 g/mol. The molecule has 0 radical (unpaired) electrons. The highest BCUT2D eigenvalue weighted by Crippen LogP contribution is 2.16. The number of hydrogen-bond acceptors (Lipinski definition) is 7. The van der Waals surface area contributed by atoms with Gasteiger partial charge in [0.1, 0.15) is 13.2 Å². The Labute approximate surface area is 523 Å². The number of allylic oxidation sites excluding steroid dienone is 20. The number of carboxylic acids is 1. The van der Waals surface area contributed by atoms with Crippen LogP contribution in [0.3, 0.4) is 0 Å². The van der Waals surface area contributed by atoms with Gasteiger partial charge in [-0.05, 0) is 109 Å². The number of ether oxygens (including phenoxy) is 4. The number of rotatable bonds is 63. The van der Waals surface area contributed by atoms with Crippen molar-refractivity contribution in [1.82, 2.24) is 0 Å². The Kier molecular flexibility index (Phi) is 62.3. The second-order valence-electron chi connectivity index (χ2n) is 24.1. The van der Waals surface area contributed by atoms with Crippen molar-refractivity contribution in [3.05, 3.63) is 122 Å². The molecule has 0 bridgehead atoms. The van der Waals surface area contributed by atoms with Crippen molar-refractivity contribution in [3.8, 4) is 0 Å². The van der Waals surface area contributed by atoms with Gasteiger partial charge in [-0.25, -0.2) is 4.79 Å². The third-order valence-corrected chi connectivity index (χ3v) is 14.7. The van der Waals surface area contributed by atoms with E-state index in [1.807, 2.05) is 21.1 Å². The molecule has 0 heterocycles. The van der Waals surface area contributed by atoms with Crippen molar-refractivity contribution < 1.29 is 42.9 Å². The minimum absolute atomic E-state index is 0.182. The van der Waals surface area contributed by atoms with E-state index in [0.29, 0.717) is 23.9 Å². The lowest BCUT2D eigenvalue weighted by molar-refractivity contribution is -0.870. The standard InChI is InChI=1S/C76H129NO8/c1-6-8-10-12-14-16-18-20-22-24-26-28-30-32-34-35-36-37-38-39-41-43-45-47-49-51-53-55-57-59-61-63-65-67-74(79)85-72(71-84-76(75(80)81)82-69-68-77(3,4)5)70-83-73(78)66-64-62-60-58-56-54-52-50-48-46-44-42-40-33-31-29-27-25-23-21-19-17-15-13-11-9-7-2/h8,10,14,16,19-22,25-28,31-34,36-37,39,41,72,76H,6-7,9,11-13,15,17-18,23-24,29-30,35,38,40,42-71H2,1-5H3/p+1/b10-8-,16-14-,21-19-,22-20-,27-25-,28-26-,33-31-,34-32-,37-36-,41-39-. The first-order valence-corrected chi connectivity index (χ1v) is 34.7. The molecule has 0 aromatic rings. The summed E-state index contributed by atoms with van der Waals surface area (Å²) in [5.74, 6) is -2.01. The summed E-state index contributed by atoms with van der Waals surface area (Å²) in [5.41, 5.74) is 0. The summed E-state index contributed by atoms with van der Waals surface area (Å²) >= 11 is 0. The molecule has 0 aliphatic rings. The molecule has 0 spiro atoms. The van der Waals surface area contributed by atoms with Gasteiger partial charge in [0.15, 0.2) is 6.10 Å². The number of nitrogens with zero attached hydrogens (tertiary/aromatic N) is 1. The monoisotopic (exact) mass is 1180 g/mol. The molecule has 0 aromatic carbocycles. The van der Waals surface area contributed by atoms with Crippen LogP contribution < -0.4 is 0 Å². The van der Waals surface area contributed by atoms with E-state index in [-0.39, 0.29) is 32.2 Å². The van der Waals surface area contributed by atoms with E-state index >= 15 is 0 Å². The smallest absolute Gasteiger partial charge is 0.361 e. The van der Waals surface area contributed by atoms with E-state index in [9.17, 15) is 19.5 Å². The van der Waals surface area contributed by atoms with E-state index in [0.717, 1.165) is 103 Å². The van der Waals surface area contributed by atoms with Gasteiger partial charge in [-0.3, -0.25) is 9.59 Å². The molecule has 9 nitrogen and oxygen atoms in total. The van der Waals surface area contributed by atoms with Crippen LogP contribution in [-0.4, -0.2) is 87.4 Å². The summed E-state index contributed by atoms with van der Waals surface area (Å²) in [6, 6.07) is 0. The van der Waals surface area contributed by atoms with Crippen LogP contribution in [0.15, 0.2) is 122 Å². The van der Waals surface area contributed by atoms with Crippen molar-refractivity contribution in [1.29, 1.82) is 0 Å². The van der Waals surface area contributed by atoms with Crippen LogP contribution in [-0.2, 0) is 33.3 Å². The molecule has 1 N–H and O–H groups in total. The Morgan fingerprint density at radius 3 is 1.00 bits per heavy atom. The fourth-order valence-electron chi connectivity index (χ4n) is 9.41. The summed E-state index contributed by atoms with van der Waals surface area (Å²) in [5, 5.41) is 9.75. The Bertz CT molecular complexity index is 1810. The molecule has 0 fully saturated rings. The van der Waals surface area contributed by atoms with Crippen molar-refractivity contribution in [2.24, 2.45) is 0 Å². The molecule has 0 amide bonds. The van der Waals surface area contributed by atoms with Gasteiger partial charge in [0.05, 0.1) is 34.4 Å². The number of unbranched alkanes of at least 4 members (excludes halogenated alkanes) is 28. The molecule has 486 valence electrons. The lowest BCUT2D eigenvalue weighted by Gasteiger charge is -2.25. The molecule has 0 saturated heterocycles. The molecule has 9 heteroatoms. The van der Waals surface area contributed by atoms with Crippen LogP contribution in [0, 0.1) is 0 Å². The first kappa shape index (κ1) is 80.7. The number of carbonyl (C=O) groups is 3. The van der Waals surface area contributed by atoms with Gasteiger partial charge in [0.2, 0.25) is 0 Å². The third-order valence-electron chi connectivity index (χ3n) is 14.7. The van der Waals surface area contributed by atoms with E-state index in [2.05, 4.69) is 135 Å². The molecule has 85 heavy (non-hydrogen) atoms. The Hall–Kier alpha value is -4.31. The predicted molar refractivity (Wildman–Crippen MR) is 364 cm³/mol. The normalized spacial score (nSPS) is 13.5. The molecule has 0 rings (SSSR count). The van der Waals surface area contributed by atoms with E-state index in [4.69, 9.17) is 18.9 Å². The van der Waals surface area contributed by atoms with Gasteiger partial charge in [-0.2, -0.15) is 0 Å². The van der Waals surface area contributed by atoms with Crippen molar-refractivity contribution in [3.63, 3.8) is 0 Å². The number of aliphatic carboxylic acids is 1. The Morgan fingerprint density at radius 1 is 0.365 bits per heavy atom. The van der Waals surface area contributed by atoms with Crippen LogP contribution in [0.25, 0.3) is 0 Å². The van der Waals surface area contributed by atoms with Crippen LogP contribution in [0.4, 0.5) is 0 Å². The lowest BCUT2D eigenvalue weighted by atomic mass is 10.0. The first-order chi connectivity index (χ1) is 41.6. The van der Waals surface area contributed by atoms with Crippen LogP contribution >= 0.6 is 0 Å². The fourth-order valence-corrected chi connectivity index (χ4v) is 9.41. The number of carboxylic acid groups (broad SMARTS) is 1. The summed E-state index contributed by atoms with van der Waals surface area (Å²) < 4.78 is 23.0. The average molecular weight is 1190 g/mol. The number of likely N-dealkylation sites (N-methyl/N-ethyl adjacent to an activating group) is 1. The molecule has 0 aliphatic heterocycles. The third kappa shape index (κ3) is 67.1. The maximum atomic E-state index is 12.9. The maximum absolute atomic E-state index is 12.9. The predicted octanol–water partition coefficient (Wildman–Crippen LogP) is 21.6. The van der Waals surface area contributed by atoms with Crippen molar-refractivity contribution >= 4 is 17.9 Å². The van der Waals surface area contributed by atoms with E-state index in [1.165, 1.54) is 148 Å². The Morgan fingerprint density at radius 2 is 0.671 bits per heavy atom. The van der Waals surface area contributed by atoms with Gasteiger partial charge in [-0.15, -0.1) is 0 Å². The van der Waals surface area contributed by atoms with Gasteiger partial charge >= 0.3 is 17.9 Å². The van der Waals surface area contributed by atoms with Gasteiger partial charge in [0.25, 0.3) is 6.29 Å². The van der Waals surface area contributed by atoms with Crippen molar-refractivity contribution in [2.75, 3.05) is 47.5 Å². The lowest BCUT2D eigenvalue weighted by Crippen LogP contribution is -2.40. The second kappa shape index (κ2) is 65.7.